The predicted molar refractivity (Wildman–Crippen MR) is 102 cm³/mol. The third-order valence-corrected chi connectivity index (χ3v) is 4.81. The van der Waals surface area contributed by atoms with Crippen LogP contribution in [0.1, 0.15) is 0 Å². The SMILES string of the molecule is O=C(O)[C@H]1O[C@@H](N(c2ccccn2)c2ccc3ccccc3n2)[C@H](O)[C@@H](O)[C@@H]1O. The van der Waals surface area contributed by atoms with E-state index in [1.165, 1.54) is 11.1 Å². The molecule has 4 N–H and O–H groups in total. The van der Waals surface area contributed by atoms with Crippen LogP contribution in [-0.4, -0.2) is 67.0 Å². The van der Waals surface area contributed by atoms with Crippen molar-refractivity contribution in [3.63, 3.8) is 0 Å². The summed E-state index contributed by atoms with van der Waals surface area (Å²) in [5, 5.41) is 41.1. The highest BCUT2D eigenvalue weighted by Crippen LogP contribution is 2.33. The van der Waals surface area contributed by atoms with Crippen molar-refractivity contribution < 1.29 is 30.0 Å². The van der Waals surface area contributed by atoms with Crippen LogP contribution in [0.3, 0.4) is 0 Å². The lowest BCUT2D eigenvalue weighted by Gasteiger charge is -2.43. The van der Waals surface area contributed by atoms with Gasteiger partial charge in [0.2, 0.25) is 0 Å². The molecule has 4 rings (SSSR count). The number of aliphatic hydroxyl groups is 3. The largest absolute Gasteiger partial charge is 0.479 e. The van der Waals surface area contributed by atoms with Gasteiger partial charge in [-0.05, 0) is 30.3 Å². The molecule has 0 radical (unpaired) electrons. The number of aliphatic hydroxyl groups excluding tert-OH is 3. The van der Waals surface area contributed by atoms with Crippen LogP contribution in [0.4, 0.5) is 11.6 Å². The molecule has 29 heavy (non-hydrogen) atoms. The summed E-state index contributed by atoms with van der Waals surface area (Å²) in [4.78, 5) is 21.8. The maximum Gasteiger partial charge on any atom is 0.335 e. The fourth-order valence-electron chi connectivity index (χ4n) is 3.34. The molecule has 0 amide bonds. The number of hydrogen-bond donors (Lipinski definition) is 4. The summed E-state index contributed by atoms with van der Waals surface area (Å²) in [6, 6.07) is 16.0. The number of aromatic nitrogens is 2. The molecule has 0 bridgehead atoms. The predicted octanol–water partition coefficient (Wildman–Crippen LogP) is 0.660. The van der Waals surface area contributed by atoms with E-state index in [4.69, 9.17) is 4.74 Å². The Morgan fingerprint density at radius 1 is 0.897 bits per heavy atom. The molecule has 0 spiro atoms. The summed E-state index contributed by atoms with van der Waals surface area (Å²) in [6.07, 6.45) is -6.69. The zero-order valence-electron chi connectivity index (χ0n) is 15.1. The van der Waals surface area contributed by atoms with Gasteiger partial charge in [0.1, 0.15) is 29.9 Å². The summed E-state index contributed by atoms with van der Waals surface area (Å²) < 4.78 is 5.51. The number of nitrogens with zero attached hydrogens (tertiary/aromatic N) is 3. The molecule has 0 saturated carbocycles. The van der Waals surface area contributed by atoms with Gasteiger partial charge in [0.05, 0.1) is 5.52 Å². The Morgan fingerprint density at radius 3 is 2.38 bits per heavy atom. The van der Waals surface area contributed by atoms with Gasteiger partial charge in [-0.15, -0.1) is 0 Å². The molecule has 1 aromatic carbocycles. The lowest BCUT2D eigenvalue weighted by Crippen LogP contribution is -2.63. The van der Waals surface area contributed by atoms with Gasteiger partial charge in [0.25, 0.3) is 0 Å². The summed E-state index contributed by atoms with van der Waals surface area (Å²) in [7, 11) is 0. The second-order valence-electron chi connectivity index (χ2n) is 6.68. The van der Waals surface area contributed by atoms with Crippen LogP contribution in [0.5, 0.6) is 0 Å². The van der Waals surface area contributed by atoms with Crippen molar-refractivity contribution in [2.45, 2.75) is 30.6 Å². The van der Waals surface area contributed by atoms with Crippen LogP contribution in [0, 0.1) is 0 Å². The molecule has 3 aromatic rings. The molecule has 5 atom stereocenters. The number of carboxylic acids is 1. The third-order valence-electron chi connectivity index (χ3n) is 4.81. The molecule has 0 aliphatic carbocycles. The van der Waals surface area contributed by atoms with Crippen molar-refractivity contribution in [2.24, 2.45) is 0 Å². The number of aliphatic carboxylic acids is 1. The number of rotatable bonds is 4. The molecule has 150 valence electrons. The second-order valence-corrected chi connectivity index (χ2v) is 6.68. The van der Waals surface area contributed by atoms with Crippen molar-refractivity contribution in [3.05, 3.63) is 60.8 Å². The molecule has 2 aromatic heterocycles. The van der Waals surface area contributed by atoms with Crippen molar-refractivity contribution in [1.29, 1.82) is 0 Å². The lowest BCUT2D eigenvalue weighted by molar-refractivity contribution is -0.225. The molecular formula is C20H19N3O6. The highest BCUT2D eigenvalue weighted by atomic mass is 16.6. The number of fused-ring (bicyclic) bond motifs is 1. The second kappa shape index (κ2) is 7.72. The Hall–Kier alpha value is -3.11. The molecule has 3 heterocycles. The standard InChI is InChI=1S/C20H19N3O6/c24-15-16(25)18(20(27)28)29-19(17(15)26)23(13-7-3-4-10-21-13)14-9-8-11-5-1-2-6-12(11)22-14/h1-10,15-19,24-26H,(H,27,28)/t15-,16-,17+,18-,19+/m0/s1. The number of hydrogen-bond acceptors (Lipinski definition) is 8. The van der Waals surface area contributed by atoms with E-state index in [-0.39, 0.29) is 0 Å². The average molecular weight is 397 g/mol. The van der Waals surface area contributed by atoms with Crippen molar-refractivity contribution in [3.8, 4) is 0 Å². The van der Waals surface area contributed by atoms with Crippen LogP contribution < -0.4 is 4.90 Å². The van der Waals surface area contributed by atoms with E-state index in [1.807, 2.05) is 30.3 Å². The zero-order valence-corrected chi connectivity index (χ0v) is 15.1. The fraction of sp³-hybridized carbons (Fsp3) is 0.250. The lowest BCUT2D eigenvalue weighted by atomic mass is 9.97. The minimum atomic E-state index is -1.78. The molecule has 1 aliphatic rings. The molecule has 1 aliphatic heterocycles. The Labute approximate surface area is 165 Å². The van der Waals surface area contributed by atoms with E-state index < -0.39 is 36.6 Å². The third kappa shape index (κ3) is 3.52. The van der Waals surface area contributed by atoms with Gasteiger partial charge in [-0.3, -0.25) is 4.90 Å². The Morgan fingerprint density at radius 2 is 1.66 bits per heavy atom. The van der Waals surface area contributed by atoms with Gasteiger partial charge in [-0.1, -0.05) is 24.3 Å². The van der Waals surface area contributed by atoms with Crippen molar-refractivity contribution in [1.82, 2.24) is 9.97 Å². The van der Waals surface area contributed by atoms with Crippen LogP contribution in [0.15, 0.2) is 60.8 Å². The first-order valence-corrected chi connectivity index (χ1v) is 8.96. The van der Waals surface area contributed by atoms with E-state index in [9.17, 15) is 25.2 Å². The highest BCUT2D eigenvalue weighted by molar-refractivity contribution is 5.81. The zero-order chi connectivity index (χ0) is 20.5. The highest BCUT2D eigenvalue weighted by Gasteiger charge is 2.49. The van der Waals surface area contributed by atoms with E-state index in [2.05, 4.69) is 9.97 Å². The molecular weight excluding hydrogens is 378 g/mol. The fourth-order valence-corrected chi connectivity index (χ4v) is 3.34. The first-order chi connectivity index (χ1) is 14.0. The van der Waals surface area contributed by atoms with Gasteiger partial charge < -0.3 is 25.2 Å². The first kappa shape index (κ1) is 19.2. The minimum Gasteiger partial charge on any atom is -0.479 e. The van der Waals surface area contributed by atoms with Crippen LogP contribution in [0.2, 0.25) is 0 Å². The van der Waals surface area contributed by atoms with Crippen molar-refractivity contribution in [2.75, 3.05) is 4.90 Å². The summed E-state index contributed by atoms with van der Waals surface area (Å²) in [5.74, 6) is -0.799. The number of carbonyl (C=O) groups is 1. The number of benzene rings is 1. The van der Waals surface area contributed by atoms with E-state index >= 15 is 0 Å². The summed E-state index contributed by atoms with van der Waals surface area (Å²) in [6.45, 7) is 0. The normalized spacial score (nSPS) is 26.9. The number of anilines is 2. The van der Waals surface area contributed by atoms with Crippen molar-refractivity contribution >= 4 is 28.5 Å². The van der Waals surface area contributed by atoms with E-state index in [0.29, 0.717) is 17.2 Å². The number of pyridine rings is 2. The minimum absolute atomic E-state index is 0.326. The monoisotopic (exact) mass is 397 g/mol. The van der Waals surface area contributed by atoms with Crippen LogP contribution in [0.25, 0.3) is 10.9 Å². The van der Waals surface area contributed by atoms with Crippen LogP contribution in [-0.2, 0) is 9.53 Å². The van der Waals surface area contributed by atoms with E-state index in [0.717, 1.165) is 5.39 Å². The molecule has 0 unspecified atom stereocenters. The molecule has 9 nitrogen and oxygen atoms in total. The summed E-state index contributed by atoms with van der Waals surface area (Å²) in [5.41, 5.74) is 0.673. The first-order valence-electron chi connectivity index (χ1n) is 8.96. The maximum absolute atomic E-state index is 11.5. The average Bonchev–Trinajstić information content (AvgIpc) is 2.74. The smallest absolute Gasteiger partial charge is 0.335 e. The Kier molecular flexibility index (Phi) is 5.12. The van der Waals surface area contributed by atoms with Gasteiger partial charge in [0.15, 0.2) is 12.3 Å². The molecule has 1 fully saturated rings. The van der Waals surface area contributed by atoms with Gasteiger partial charge in [-0.25, -0.2) is 14.8 Å². The number of para-hydroxylation sites is 1. The molecule has 1 saturated heterocycles. The van der Waals surface area contributed by atoms with Gasteiger partial charge in [-0.2, -0.15) is 0 Å². The maximum atomic E-state index is 11.5. The quantitative estimate of drug-likeness (QED) is 0.500. The number of carboxylic acid groups (broad SMARTS) is 1. The summed E-state index contributed by atoms with van der Waals surface area (Å²) >= 11 is 0. The van der Waals surface area contributed by atoms with E-state index in [1.54, 1.807) is 24.3 Å². The Balaban J connectivity index is 1.83. The Bertz CT molecular complexity index is 1020. The number of ether oxygens (including phenoxy) is 1. The molecule has 9 heteroatoms. The topological polar surface area (TPSA) is 136 Å². The van der Waals surface area contributed by atoms with Crippen LogP contribution >= 0.6 is 0 Å². The van der Waals surface area contributed by atoms with Gasteiger partial charge >= 0.3 is 5.97 Å². The van der Waals surface area contributed by atoms with Gasteiger partial charge in [0, 0.05) is 11.6 Å².